The van der Waals surface area contributed by atoms with E-state index >= 15 is 0 Å². The fourth-order valence-electron chi connectivity index (χ4n) is 2.04. The third kappa shape index (κ3) is 2.09. The zero-order chi connectivity index (χ0) is 12.7. The summed E-state index contributed by atoms with van der Waals surface area (Å²) in [4.78, 5) is 5.95. The number of aromatic nitrogens is 1. The minimum Gasteiger partial charge on any atom is -0.396 e. The molecule has 1 aliphatic rings. The number of hydrogen-bond donors (Lipinski definition) is 1. The summed E-state index contributed by atoms with van der Waals surface area (Å²) >= 11 is 0. The Morgan fingerprint density at radius 3 is 2.76 bits per heavy atom. The molecule has 5 nitrogen and oxygen atoms in total. The van der Waals surface area contributed by atoms with Crippen molar-refractivity contribution < 1.29 is 8.42 Å². The van der Waals surface area contributed by atoms with Crippen molar-refractivity contribution in [2.45, 2.75) is 18.6 Å². The predicted molar refractivity (Wildman–Crippen MR) is 68.7 cm³/mol. The van der Waals surface area contributed by atoms with Crippen LogP contribution in [0.4, 0.5) is 11.4 Å². The number of nitrogens with two attached hydrogens (primary N) is 1. The van der Waals surface area contributed by atoms with Crippen LogP contribution < -0.4 is 10.6 Å². The highest BCUT2D eigenvalue weighted by Crippen LogP contribution is 2.30. The van der Waals surface area contributed by atoms with Crippen molar-refractivity contribution in [3.05, 3.63) is 18.5 Å². The number of rotatable bonds is 1. The Hall–Kier alpha value is -1.30. The van der Waals surface area contributed by atoms with Gasteiger partial charge in [0.05, 0.1) is 28.1 Å². The lowest BCUT2D eigenvalue weighted by atomic mass is 10.1. The van der Waals surface area contributed by atoms with E-state index < -0.39 is 14.6 Å². The molecule has 2 N–H and O–H groups in total. The Balaban J connectivity index is 2.31. The van der Waals surface area contributed by atoms with E-state index in [9.17, 15) is 8.42 Å². The van der Waals surface area contributed by atoms with E-state index in [0.29, 0.717) is 18.8 Å². The molecular weight excluding hydrogens is 238 g/mol. The summed E-state index contributed by atoms with van der Waals surface area (Å²) in [6.45, 7) is 4.46. The van der Waals surface area contributed by atoms with Gasteiger partial charge >= 0.3 is 0 Å². The first kappa shape index (κ1) is 12.2. The van der Waals surface area contributed by atoms with Crippen LogP contribution in [0.2, 0.25) is 0 Å². The summed E-state index contributed by atoms with van der Waals surface area (Å²) in [6.07, 6.45) is 3.26. The molecule has 1 fully saturated rings. The van der Waals surface area contributed by atoms with Crippen molar-refractivity contribution >= 4 is 21.2 Å². The Bertz CT molecular complexity index is 525. The molecule has 0 aromatic carbocycles. The molecule has 0 aliphatic carbocycles. The second-order valence-electron chi connectivity index (χ2n) is 4.93. The summed E-state index contributed by atoms with van der Waals surface area (Å²) in [5.74, 6) is 0.168. The van der Waals surface area contributed by atoms with Crippen LogP contribution in [0.15, 0.2) is 18.5 Å². The van der Waals surface area contributed by atoms with Gasteiger partial charge in [-0.2, -0.15) is 0 Å². The van der Waals surface area contributed by atoms with E-state index in [2.05, 4.69) is 4.98 Å². The van der Waals surface area contributed by atoms with Crippen LogP contribution in [0, 0.1) is 0 Å². The Morgan fingerprint density at radius 2 is 2.18 bits per heavy atom. The maximum absolute atomic E-state index is 11.9. The number of sulfone groups is 1. The van der Waals surface area contributed by atoms with Gasteiger partial charge in [0.1, 0.15) is 0 Å². The first-order valence-electron chi connectivity index (χ1n) is 5.50. The second-order valence-corrected chi connectivity index (χ2v) is 7.68. The molecule has 0 atom stereocenters. The smallest absolute Gasteiger partial charge is 0.158 e. The Labute approximate surface area is 102 Å². The van der Waals surface area contributed by atoms with Crippen molar-refractivity contribution in [2.24, 2.45) is 0 Å². The largest absolute Gasteiger partial charge is 0.396 e. The zero-order valence-corrected chi connectivity index (χ0v) is 10.9. The van der Waals surface area contributed by atoms with Crippen molar-refractivity contribution in [3.63, 3.8) is 0 Å². The predicted octanol–water partition coefficient (Wildman–Crippen LogP) is 0.677. The summed E-state index contributed by atoms with van der Waals surface area (Å²) in [6, 6.07) is 1.82. The molecule has 17 heavy (non-hydrogen) atoms. The van der Waals surface area contributed by atoms with Crippen LogP contribution in [0.5, 0.6) is 0 Å². The third-order valence-electron chi connectivity index (χ3n) is 3.21. The average Bonchev–Trinajstić information content (AvgIpc) is 2.23. The molecule has 2 rings (SSSR count). The normalized spacial score (nSPS) is 22.4. The number of hydrogen-bond acceptors (Lipinski definition) is 5. The molecule has 94 valence electrons. The SMILES string of the molecule is CC1(C)CN(c2ccncc2N)CCS1(=O)=O. The fraction of sp³-hybridized carbons (Fsp3) is 0.545. The molecule has 0 saturated carbocycles. The van der Waals surface area contributed by atoms with Crippen LogP contribution in [0.25, 0.3) is 0 Å². The van der Waals surface area contributed by atoms with E-state index in [1.54, 1.807) is 26.2 Å². The standard InChI is InChI=1S/C11H17N3O2S/c1-11(2)8-14(5-6-17(11,15)16)10-3-4-13-7-9(10)12/h3-4,7H,5-6,8,12H2,1-2H3. The van der Waals surface area contributed by atoms with Crippen molar-refractivity contribution in [1.82, 2.24) is 4.98 Å². The van der Waals surface area contributed by atoms with E-state index in [1.165, 1.54) is 0 Å². The van der Waals surface area contributed by atoms with E-state index in [4.69, 9.17) is 5.73 Å². The highest BCUT2D eigenvalue weighted by molar-refractivity contribution is 7.92. The molecule has 0 amide bonds. The van der Waals surface area contributed by atoms with E-state index in [-0.39, 0.29) is 5.75 Å². The van der Waals surface area contributed by atoms with Gasteiger partial charge in [0.15, 0.2) is 9.84 Å². The van der Waals surface area contributed by atoms with Gasteiger partial charge in [0.25, 0.3) is 0 Å². The maximum atomic E-state index is 11.9. The summed E-state index contributed by atoms with van der Waals surface area (Å²) < 4.78 is 23.1. The van der Waals surface area contributed by atoms with Gasteiger partial charge in [-0.15, -0.1) is 0 Å². The van der Waals surface area contributed by atoms with Crippen LogP contribution in [-0.4, -0.2) is 37.0 Å². The minimum atomic E-state index is -3.01. The molecule has 1 saturated heterocycles. The van der Waals surface area contributed by atoms with Crippen LogP contribution in [-0.2, 0) is 9.84 Å². The minimum absolute atomic E-state index is 0.168. The van der Waals surface area contributed by atoms with Crippen molar-refractivity contribution in [1.29, 1.82) is 0 Å². The van der Waals surface area contributed by atoms with Crippen LogP contribution >= 0.6 is 0 Å². The topological polar surface area (TPSA) is 76.3 Å². The lowest BCUT2D eigenvalue weighted by Crippen LogP contribution is -2.53. The average molecular weight is 255 g/mol. The molecule has 1 aliphatic heterocycles. The first-order chi connectivity index (χ1) is 7.83. The zero-order valence-electron chi connectivity index (χ0n) is 10.0. The summed E-state index contributed by atoms with van der Waals surface area (Å²) in [7, 11) is -3.01. The molecule has 0 spiro atoms. The fourth-order valence-corrected chi connectivity index (χ4v) is 3.40. The maximum Gasteiger partial charge on any atom is 0.158 e. The highest BCUT2D eigenvalue weighted by Gasteiger charge is 2.40. The third-order valence-corrected chi connectivity index (χ3v) is 5.75. The van der Waals surface area contributed by atoms with Crippen molar-refractivity contribution in [2.75, 3.05) is 29.5 Å². The quantitative estimate of drug-likeness (QED) is 0.798. The van der Waals surface area contributed by atoms with Gasteiger partial charge in [0, 0.05) is 19.3 Å². The van der Waals surface area contributed by atoms with E-state index in [0.717, 1.165) is 5.69 Å². The lowest BCUT2D eigenvalue weighted by Gasteiger charge is -2.39. The second kappa shape index (κ2) is 3.87. The Morgan fingerprint density at radius 1 is 1.47 bits per heavy atom. The molecule has 0 radical (unpaired) electrons. The van der Waals surface area contributed by atoms with Gasteiger partial charge in [-0.3, -0.25) is 4.98 Å². The highest BCUT2D eigenvalue weighted by atomic mass is 32.2. The van der Waals surface area contributed by atoms with Crippen molar-refractivity contribution in [3.8, 4) is 0 Å². The van der Waals surface area contributed by atoms with Gasteiger partial charge in [-0.1, -0.05) is 0 Å². The molecule has 1 aromatic rings. The van der Waals surface area contributed by atoms with Gasteiger partial charge < -0.3 is 10.6 Å². The molecular formula is C11H17N3O2S. The van der Waals surface area contributed by atoms with E-state index in [1.807, 2.05) is 11.0 Å². The lowest BCUT2D eigenvalue weighted by molar-refractivity contribution is 0.523. The molecule has 0 unspecified atom stereocenters. The molecule has 1 aromatic heterocycles. The molecule has 0 bridgehead atoms. The number of pyridine rings is 1. The molecule has 6 heteroatoms. The Kier molecular flexibility index (Phi) is 2.77. The number of nitrogen functional groups attached to an aromatic ring is 1. The van der Waals surface area contributed by atoms with Gasteiger partial charge in [-0.05, 0) is 19.9 Å². The summed E-state index contributed by atoms with van der Waals surface area (Å²) in [5.41, 5.74) is 7.30. The summed E-state index contributed by atoms with van der Waals surface area (Å²) in [5, 5.41) is 0. The number of nitrogens with zero attached hydrogens (tertiary/aromatic N) is 2. The first-order valence-corrected chi connectivity index (χ1v) is 7.15. The molecule has 2 heterocycles. The van der Waals surface area contributed by atoms with Crippen LogP contribution in [0.3, 0.4) is 0 Å². The van der Waals surface area contributed by atoms with Gasteiger partial charge in [0.2, 0.25) is 0 Å². The van der Waals surface area contributed by atoms with Crippen LogP contribution in [0.1, 0.15) is 13.8 Å². The monoisotopic (exact) mass is 255 g/mol. The number of anilines is 2. The van der Waals surface area contributed by atoms with Gasteiger partial charge in [-0.25, -0.2) is 8.42 Å².